The average Bonchev–Trinajstić information content (AvgIpc) is 3.41. The third-order valence-corrected chi connectivity index (χ3v) is 7.57. The first kappa shape index (κ1) is 18.6. The summed E-state index contributed by atoms with van der Waals surface area (Å²) in [6.07, 6.45) is 1.93. The Morgan fingerprint density at radius 3 is 2.20 bits per heavy atom. The number of rotatable bonds is 1. The Hall–Kier alpha value is -4.79. The molecule has 0 unspecified atom stereocenters. The number of fused-ring (bicyclic) bond motifs is 8. The lowest BCUT2D eigenvalue weighted by Crippen LogP contribution is -1.95. The predicted octanol–water partition coefficient (Wildman–Crippen LogP) is 7.83. The molecule has 35 heavy (non-hydrogen) atoms. The van der Waals surface area contributed by atoms with Crippen LogP contribution in [-0.2, 0) is 6.42 Å². The Kier molecular flexibility index (Phi) is 3.53. The monoisotopic (exact) mass is 442 g/mol. The van der Waals surface area contributed by atoms with Crippen molar-refractivity contribution in [1.29, 1.82) is 5.26 Å². The van der Waals surface area contributed by atoms with E-state index in [0.717, 1.165) is 24.0 Å². The fourth-order valence-corrected chi connectivity index (χ4v) is 5.90. The molecule has 2 heterocycles. The van der Waals surface area contributed by atoms with Gasteiger partial charge in [0.15, 0.2) is 0 Å². The molecule has 7 aromatic rings. The first-order valence-corrected chi connectivity index (χ1v) is 12.0. The van der Waals surface area contributed by atoms with E-state index in [1.54, 1.807) is 0 Å². The number of benzene rings is 5. The Labute approximate surface area is 202 Å². The molecule has 8 rings (SSSR count). The molecule has 0 atom stereocenters. The van der Waals surface area contributed by atoms with Crippen LogP contribution in [0, 0.1) is 23.2 Å². The van der Waals surface area contributed by atoms with Crippen LogP contribution in [-0.4, -0.2) is 4.40 Å². The van der Waals surface area contributed by atoms with E-state index in [-0.39, 0.29) is 0 Å². The summed E-state index contributed by atoms with van der Waals surface area (Å²) >= 11 is 0. The van der Waals surface area contributed by atoms with Crippen molar-refractivity contribution in [3.63, 3.8) is 0 Å². The normalized spacial score (nSPS) is 12.9. The lowest BCUT2D eigenvalue weighted by atomic mass is 9.95. The molecule has 2 heteroatoms. The molecule has 5 aromatic carbocycles. The third kappa shape index (κ3) is 2.49. The SMILES string of the molecule is N#Cc1ccc(-c2cc3c4cc5c(cc4n4c6cc7ccccc7cc6c(c2)c34)CCC#C5)cc1. The highest BCUT2D eigenvalue weighted by atomic mass is 14.9. The number of aromatic nitrogens is 1. The predicted molar refractivity (Wildman–Crippen MR) is 144 cm³/mol. The first-order chi connectivity index (χ1) is 17.3. The fraction of sp³-hybridized carbons (Fsp3) is 0.0606. The van der Waals surface area contributed by atoms with Crippen LogP contribution in [0.5, 0.6) is 0 Å². The summed E-state index contributed by atoms with van der Waals surface area (Å²) < 4.78 is 2.46. The van der Waals surface area contributed by atoms with Crippen molar-refractivity contribution in [3.8, 4) is 29.0 Å². The Bertz CT molecular complexity index is 2110. The van der Waals surface area contributed by atoms with Gasteiger partial charge in [0.05, 0.1) is 28.2 Å². The van der Waals surface area contributed by atoms with Crippen molar-refractivity contribution >= 4 is 48.9 Å². The highest BCUT2D eigenvalue weighted by molar-refractivity contribution is 6.26. The minimum absolute atomic E-state index is 0.679. The van der Waals surface area contributed by atoms with Crippen LogP contribution in [0.25, 0.3) is 60.0 Å². The van der Waals surface area contributed by atoms with Gasteiger partial charge in [0.2, 0.25) is 0 Å². The summed E-state index contributed by atoms with van der Waals surface area (Å²) in [5.74, 6) is 6.66. The van der Waals surface area contributed by atoms with E-state index < -0.39 is 0 Å². The first-order valence-electron chi connectivity index (χ1n) is 12.0. The number of hydrogen-bond acceptors (Lipinski definition) is 1. The molecular weight excluding hydrogens is 424 g/mol. The third-order valence-electron chi connectivity index (χ3n) is 7.57. The maximum Gasteiger partial charge on any atom is 0.0991 e. The maximum absolute atomic E-state index is 9.25. The molecule has 0 bridgehead atoms. The zero-order chi connectivity index (χ0) is 23.1. The van der Waals surface area contributed by atoms with Gasteiger partial charge >= 0.3 is 0 Å². The second-order valence-corrected chi connectivity index (χ2v) is 9.49. The number of aryl methyl sites for hydroxylation is 1. The number of hydrogen-bond donors (Lipinski definition) is 0. The summed E-state index contributed by atoms with van der Waals surface area (Å²) in [6.45, 7) is 0. The van der Waals surface area contributed by atoms with Gasteiger partial charge in [-0.1, -0.05) is 48.2 Å². The van der Waals surface area contributed by atoms with Crippen molar-refractivity contribution in [3.05, 3.63) is 102 Å². The number of nitrogens with zero attached hydrogens (tertiary/aromatic N) is 2. The Morgan fingerprint density at radius 1 is 0.714 bits per heavy atom. The maximum atomic E-state index is 9.25. The molecule has 0 aliphatic heterocycles. The molecule has 0 saturated carbocycles. The Balaban J connectivity index is 1.58. The summed E-state index contributed by atoms with van der Waals surface area (Å²) in [5, 5.41) is 16.8. The standard InChI is InChI=1S/C33H18N2/c34-19-20-9-11-21(12-10-20)26-15-29-27-13-22-5-1-3-7-24(22)17-31(27)35-32-18-25-8-4-2-6-23(25)14-28(32)30(16-26)33(29)35/h1,3,5,7,9-18H,4,8H2. The molecule has 160 valence electrons. The van der Waals surface area contributed by atoms with Gasteiger partial charge in [-0.15, -0.1) is 0 Å². The van der Waals surface area contributed by atoms with Gasteiger partial charge in [-0.05, 0) is 82.4 Å². The van der Waals surface area contributed by atoms with Crippen molar-refractivity contribution in [2.75, 3.05) is 0 Å². The molecule has 0 spiro atoms. The molecule has 0 saturated heterocycles. The van der Waals surface area contributed by atoms with Gasteiger partial charge < -0.3 is 4.40 Å². The smallest absolute Gasteiger partial charge is 0.0991 e. The van der Waals surface area contributed by atoms with E-state index in [0.29, 0.717) is 5.56 Å². The topological polar surface area (TPSA) is 28.2 Å². The van der Waals surface area contributed by atoms with Crippen LogP contribution in [0.1, 0.15) is 23.1 Å². The molecule has 2 nitrogen and oxygen atoms in total. The van der Waals surface area contributed by atoms with Crippen LogP contribution in [0.3, 0.4) is 0 Å². The molecule has 2 aromatic heterocycles. The van der Waals surface area contributed by atoms with Gasteiger partial charge in [0.25, 0.3) is 0 Å². The summed E-state index contributed by atoms with van der Waals surface area (Å²) in [4.78, 5) is 0. The van der Waals surface area contributed by atoms with Crippen LogP contribution in [0.15, 0.2) is 84.9 Å². The van der Waals surface area contributed by atoms with E-state index in [2.05, 4.69) is 95.1 Å². The molecule has 0 N–H and O–H groups in total. The minimum Gasteiger partial charge on any atom is -0.308 e. The summed E-state index contributed by atoms with van der Waals surface area (Å²) in [6, 6.07) is 32.7. The van der Waals surface area contributed by atoms with Crippen molar-refractivity contribution in [1.82, 2.24) is 4.40 Å². The molecular formula is C33H18N2. The summed E-state index contributed by atoms with van der Waals surface area (Å²) in [7, 11) is 0. The van der Waals surface area contributed by atoms with Crippen LogP contribution < -0.4 is 0 Å². The van der Waals surface area contributed by atoms with Crippen molar-refractivity contribution in [2.24, 2.45) is 0 Å². The number of nitriles is 1. The van der Waals surface area contributed by atoms with Crippen LogP contribution in [0.2, 0.25) is 0 Å². The van der Waals surface area contributed by atoms with Crippen molar-refractivity contribution < 1.29 is 0 Å². The van der Waals surface area contributed by atoms with E-state index in [1.165, 1.54) is 60.0 Å². The van der Waals surface area contributed by atoms with Gasteiger partial charge in [0.1, 0.15) is 0 Å². The molecule has 1 aliphatic rings. The van der Waals surface area contributed by atoms with E-state index in [9.17, 15) is 5.26 Å². The molecule has 0 fully saturated rings. The van der Waals surface area contributed by atoms with E-state index in [4.69, 9.17) is 0 Å². The van der Waals surface area contributed by atoms with Gasteiger partial charge in [-0.3, -0.25) is 0 Å². The molecule has 1 aliphatic carbocycles. The highest BCUT2D eigenvalue weighted by Gasteiger charge is 2.21. The average molecular weight is 443 g/mol. The van der Waals surface area contributed by atoms with E-state index in [1.807, 2.05) is 12.1 Å². The van der Waals surface area contributed by atoms with Crippen molar-refractivity contribution in [2.45, 2.75) is 12.8 Å². The van der Waals surface area contributed by atoms with Gasteiger partial charge in [0, 0.05) is 33.5 Å². The zero-order valence-electron chi connectivity index (χ0n) is 18.9. The van der Waals surface area contributed by atoms with Crippen LogP contribution >= 0.6 is 0 Å². The Morgan fingerprint density at radius 2 is 1.43 bits per heavy atom. The second-order valence-electron chi connectivity index (χ2n) is 9.49. The largest absolute Gasteiger partial charge is 0.308 e. The highest BCUT2D eigenvalue weighted by Crippen LogP contribution is 2.43. The second kappa shape index (κ2) is 6.63. The summed E-state index contributed by atoms with van der Waals surface area (Å²) in [5.41, 5.74) is 9.25. The van der Waals surface area contributed by atoms with E-state index >= 15 is 0 Å². The molecule has 0 amide bonds. The van der Waals surface area contributed by atoms with Gasteiger partial charge in [-0.25, -0.2) is 0 Å². The quantitative estimate of drug-likeness (QED) is 0.238. The lowest BCUT2D eigenvalue weighted by Gasteiger charge is -2.09. The van der Waals surface area contributed by atoms with Crippen LogP contribution in [0.4, 0.5) is 0 Å². The minimum atomic E-state index is 0.679. The van der Waals surface area contributed by atoms with Gasteiger partial charge in [-0.2, -0.15) is 5.26 Å². The zero-order valence-corrected chi connectivity index (χ0v) is 18.9. The molecule has 0 radical (unpaired) electrons. The lowest BCUT2D eigenvalue weighted by molar-refractivity contribution is 1.01. The fourth-order valence-electron chi connectivity index (χ4n) is 5.90.